The van der Waals surface area contributed by atoms with Gasteiger partial charge in [0, 0.05) is 18.1 Å². The first-order valence-electron chi connectivity index (χ1n) is 7.18. The molecule has 0 bridgehead atoms. The molecular formula is C14H28N2. The van der Waals surface area contributed by atoms with Gasteiger partial charge in [0.1, 0.15) is 0 Å². The van der Waals surface area contributed by atoms with Crippen molar-refractivity contribution in [2.45, 2.75) is 71.0 Å². The maximum Gasteiger partial charge on any atom is 0.0113 e. The first-order chi connectivity index (χ1) is 7.68. The number of hydrogen-bond acceptors (Lipinski definition) is 2. The SMILES string of the molecule is CC(C)C(C)NC1CCCC1C1CCCN1. The van der Waals surface area contributed by atoms with Gasteiger partial charge in [-0.2, -0.15) is 0 Å². The molecule has 4 atom stereocenters. The largest absolute Gasteiger partial charge is 0.314 e. The molecule has 2 heteroatoms. The molecule has 0 aromatic carbocycles. The van der Waals surface area contributed by atoms with Crippen molar-refractivity contribution in [2.75, 3.05) is 6.54 Å². The summed E-state index contributed by atoms with van der Waals surface area (Å²) in [5, 5.41) is 7.56. The predicted molar refractivity (Wildman–Crippen MR) is 69.6 cm³/mol. The highest BCUT2D eigenvalue weighted by Gasteiger charge is 2.35. The van der Waals surface area contributed by atoms with Crippen molar-refractivity contribution in [2.24, 2.45) is 11.8 Å². The molecule has 2 aliphatic rings. The third-order valence-electron chi connectivity index (χ3n) is 4.66. The Morgan fingerprint density at radius 2 is 1.88 bits per heavy atom. The van der Waals surface area contributed by atoms with Crippen LogP contribution in [0.15, 0.2) is 0 Å². The Kier molecular flexibility index (Phi) is 4.26. The van der Waals surface area contributed by atoms with Crippen molar-refractivity contribution in [3.63, 3.8) is 0 Å². The van der Waals surface area contributed by atoms with Gasteiger partial charge in [0.25, 0.3) is 0 Å². The van der Waals surface area contributed by atoms with Crippen LogP contribution in [0.1, 0.15) is 52.9 Å². The highest BCUT2D eigenvalue weighted by atomic mass is 15.0. The van der Waals surface area contributed by atoms with E-state index in [4.69, 9.17) is 0 Å². The molecule has 2 rings (SSSR count). The molecule has 0 amide bonds. The summed E-state index contributed by atoms with van der Waals surface area (Å²) in [4.78, 5) is 0. The van der Waals surface area contributed by atoms with E-state index >= 15 is 0 Å². The predicted octanol–water partition coefficient (Wildman–Crippen LogP) is 2.54. The molecule has 2 N–H and O–H groups in total. The molecule has 0 spiro atoms. The van der Waals surface area contributed by atoms with Crippen molar-refractivity contribution in [1.82, 2.24) is 10.6 Å². The first-order valence-corrected chi connectivity index (χ1v) is 7.18. The summed E-state index contributed by atoms with van der Waals surface area (Å²) in [5.41, 5.74) is 0. The fourth-order valence-electron chi connectivity index (χ4n) is 3.28. The quantitative estimate of drug-likeness (QED) is 0.767. The summed E-state index contributed by atoms with van der Waals surface area (Å²) in [6.07, 6.45) is 7.03. The van der Waals surface area contributed by atoms with Crippen LogP contribution in [0.5, 0.6) is 0 Å². The van der Waals surface area contributed by atoms with Gasteiger partial charge in [0.15, 0.2) is 0 Å². The van der Waals surface area contributed by atoms with Gasteiger partial charge in [0.2, 0.25) is 0 Å². The van der Waals surface area contributed by atoms with Crippen molar-refractivity contribution in [3.05, 3.63) is 0 Å². The molecule has 16 heavy (non-hydrogen) atoms. The molecule has 1 heterocycles. The van der Waals surface area contributed by atoms with Crippen LogP contribution in [-0.2, 0) is 0 Å². The molecule has 0 aromatic heterocycles. The Labute approximate surface area is 101 Å². The van der Waals surface area contributed by atoms with E-state index in [0.29, 0.717) is 6.04 Å². The Morgan fingerprint density at radius 3 is 2.50 bits per heavy atom. The maximum atomic E-state index is 3.87. The van der Waals surface area contributed by atoms with Gasteiger partial charge in [0.05, 0.1) is 0 Å². The second kappa shape index (κ2) is 5.50. The summed E-state index contributed by atoms with van der Waals surface area (Å²) in [6.45, 7) is 8.21. The summed E-state index contributed by atoms with van der Waals surface area (Å²) in [6, 6.07) is 2.24. The molecule has 1 aliphatic carbocycles. The van der Waals surface area contributed by atoms with E-state index in [1.807, 2.05) is 0 Å². The highest BCUT2D eigenvalue weighted by Crippen LogP contribution is 2.32. The fraction of sp³-hybridized carbons (Fsp3) is 1.00. The number of nitrogens with one attached hydrogen (secondary N) is 2. The molecule has 94 valence electrons. The van der Waals surface area contributed by atoms with Crippen LogP contribution in [0, 0.1) is 11.8 Å². The minimum Gasteiger partial charge on any atom is -0.314 e. The summed E-state index contributed by atoms with van der Waals surface area (Å²) in [7, 11) is 0. The summed E-state index contributed by atoms with van der Waals surface area (Å²) < 4.78 is 0. The third-order valence-corrected chi connectivity index (χ3v) is 4.66. The van der Waals surface area contributed by atoms with Crippen LogP contribution in [0.2, 0.25) is 0 Å². The molecule has 1 saturated heterocycles. The van der Waals surface area contributed by atoms with Crippen molar-refractivity contribution in [1.29, 1.82) is 0 Å². The van der Waals surface area contributed by atoms with E-state index in [1.54, 1.807) is 0 Å². The maximum absolute atomic E-state index is 3.87. The molecule has 0 aromatic rings. The molecule has 1 aliphatic heterocycles. The van der Waals surface area contributed by atoms with Crippen molar-refractivity contribution >= 4 is 0 Å². The average molecular weight is 224 g/mol. The average Bonchev–Trinajstić information content (AvgIpc) is 2.85. The minimum absolute atomic E-state index is 0.659. The molecular weight excluding hydrogens is 196 g/mol. The standard InChI is InChI=1S/C14H28N2/c1-10(2)11(3)16-14-7-4-6-12(14)13-8-5-9-15-13/h10-16H,4-9H2,1-3H3. The van der Waals surface area contributed by atoms with Crippen LogP contribution in [0.3, 0.4) is 0 Å². The fourth-order valence-corrected chi connectivity index (χ4v) is 3.28. The Hall–Kier alpha value is -0.0800. The highest BCUT2D eigenvalue weighted by molar-refractivity contribution is 4.94. The van der Waals surface area contributed by atoms with Gasteiger partial charge in [-0.15, -0.1) is 0 Å². The van der Waals surface area contributed by atoms with E-state index in [-0.39, 0.29) is 0 Å². The Balaban J connectivity index is 1.87. The second-order valence-electron chi connectivity index (χ2n) is 6.10. The molecule has 0 radical (unpaired) electrons. The first kappa shape index (κ1) is 12.4. The van der Waals surface area contributed by atoms with Gasteiger partial charge >= 0.3 is 0 Å². The van der Waals surface area contributed by atoms with E-state index in [9.17, 15) is 0 Å². The molecule has 2 nitrogen and oxygen atoms in total. The topological polar surface area (TPSA) is 24.1 Å². The van der Waals surface area contributed by atoms with E-state index < -0.39 is 0 Å². The zero-order valence-corrected chi connectivity index (χ0v) is 11.1. The normalized spacial score (nSPS) is 37.1. The summed E-state index contributed by atoms with van der Waals surface area (Å²) in [5.74, 6) is 1.64. The molecule has 4 unspecified atom stereocenters. The van der Waals surface area contributed by atoms with Gasteiger partial charge in [-0.3, -0.25) is 0 Å². The zero-order chi connectivity index (χ0) is 11.5. The van der Waals surface area contributed by atoms with Crippen molar-refractivity contribution < 1.29 is 0 Å². The van der Waals surface area contributed by atoms with Crippen LogP contribution >= 0.6 is 0 Å². The Bertz CT molecular complexity index is 209. The second-order valence-corrected chi connectivity index (χ2v) is 6.10. The van der Waals surface area contributed by atoms with Crippen molar-refractivity contribution in [3.8, 4) is 0 Å². The molecule has 2 fully saturated rings. The van der Waals surface area contributed by atoms with E-state index in [2.05, 4.69) is 31.4 Å². The van der Waals surface area contributed by atoms with Crippen LogP contribution < -0.4 is 10.6 Å². The van der Waals surface area contributed by atoms with Gasteiger partial charge in [-0.05, 0) is 51.0 Å². The van der Waals surface area contributed by atoms with Crippen LogP contribution in [0.4, 0.5) is 0 Å². The zero-order valence-electron chi connectivity index (χ0n) is 11.1. The Morgan fingerprint density at radius 1 is 1.06 bits per heavy atom. The van der Waals surface area contributed by atoms with Crippen LogP contribution in [0.25, 0.3) is 0 Å². The van der Waals surface area contributed by atoms with E-state index in [0.717, 1.165) is 23.9 Å². The van der Waals surface area contributed by atoms with E-state index in [1.165, 1.54) is 38.6 Å². The third kappa shape index (κ3) is 2.78. The monoisotopic (exact) mass is 224 g/mol. The van der Waals surface area contributed by atoms with Gasteiger partial charge in [-0.1, -0.05) is 20.3 Å². The smallest absolute Gasteiger partial charge is 0.0113 e. The van der Waals surface area contributed by atoms with Crippen LogP contribution in [-0.4, -0.2) is 24.7 Å². The minimum atomic E-state index is 0.659. The summed E-state index contributed by atoms with van der Waals surface area (Å²) >= 11 is 0. The lowest BCUT2D eigenvalue weighted by atomic mass is 9.92. The molecule has 1 saturated carbocycles. The number of hydrogen-bond donors (Lipinski definition) is 2. The number of rotatable bonds is 4. The van der Waals surface area contributed by atoms with Gasteiger partial charge < -0.3 is 10.6 Å². The lowest BCUT2D eigenvalue weighted by Gasteiger charge is -2.30. The van der Waals surface area contributed by atoms with Gasteiger partial charge in [-0.25, -0.2) is 0 Å². The lowest BCUT2D eigenvalue weighted by molar-refractivity contribution is 0.280. The lowest BCUT2D eigenvalue weighted by Crippen LogP contribution is -2.46.